The first-order valence-corrected chi connectivity index (χ1v) is 8.45. The van der Waals surface area contributed by atoms with Crippen LogP contribution in [0.15, 0.2) is 18.2 Å². The van der Waals surface area contributed by atoms with Gasteiger partial charge in [0.15, 0.2) is 11.5 Å². The quantitative estimate of drug-likeness (QED) is 0.698. The molecule has 1 saturated heterocycles. The second kappa shape index (κ2) is 9.07. The van der Waals surface area contributed by atoms with Gasteiger partial charge in [-0.1, -0.05) is 0 Å². The highest BCUT2D eigenvalue weighted by atomic mass is 16.5. The molecule has 26 heavy (non-hydrogen) atoms. The number of carbonyl (C=O) groups excluding carboxylic acids is 3. The summed E-state index contributed by atoms with van der Waals surface area (Å²) in [6.45, 7) is 2.36. The summed E-state index contributed by atoms with van der Waals surface area (Å²) < 4.78 is 15.2. The number of amides is 2. The molecular weight excluding hydrogens is 340 g/mol. The zero-order valence-electron chi connectivity index (χ0n) is 15.2. The van der Waals surface area contributed by atoms with Crippen LogP contribution in [-0.2, 0) is 19.1 Å². The molecule has 8 nitrogen and oxygen atoms in total. The smallest absolute Gasteiger partial charge is 0.306 e. The molecule has 0 spiro atoms. The van der Waals surface area contributed by atoms with Crippen LogP contribution in [0.1, 0.15) is 26.2 Å². The molecule has 1 aliphatic heterocycles. The lowest BCUT2D eigenvalue weighted by Crippen LogP contribution is -2.37. The summed E-state index contributed by atoms with van der Waals surface area (Å²) in [5.41, 5.74) is 0.677. The second-order valence-corrected chi connectivity index (χ2v) is 5.82. The summed E-state index contributed by atoms with van der Waals surface area (Å²) in [4.78, 5) is 37.2. The summed E-state index contributed by atoms with van der Waals surface area (Å²) >= 11 is 0. The second-order valence-electron chi connectivity index (χ2n) is 5.82. The molecule has 1 heterocycles. The first kappa shape index (κ1) is 19.6. The molecule has 1 atom stereocenters. The maximum Gasteiger partial charge on any atom is 0.306 e. The highest BCUT2D eigenvalue weighted by Gasteiger charge is 2.32. The molecule has 0 radical (unpaired) electrons. The maximum atomic E-state index is 12.3. The van der Waals surface area contributed by atoms with Gasteiger partial charge in [-0.15, -0.1) is 0 Å². The molecule has 1 aromatic carbocycles. The van der Waals surface area contributed by atoms with Crippen molar-refractivity contribution in [2.75, 3.05) is 32.3 Å². The van der Waals surface area contributed by atoms with E-state index in [0.29, 0.717) is 23.7 Å². The molecule has 2 rings (SSSR count). The number of ether oxygens (including phenoxy) is 3. The zero-order chi connectivity index (χ0) is 19.1. The third-order valence-electron chi connectivity index (χ3n) is 4.03. The molecule has 1 N–H and O–H groups in total. The third kappa shape index (κ3) is 4.87. The van der Waals surface area contributed by atoms with Gasteiger partial charge >= 0.3 is 5.97 Å². The average Bonchev–Trinajstić information content (AvgIpc) is 2.99. The van der Waals surface area contributed by atoms with E-state index in [2.05, 4.69) is 5.32 Å². The van der Waals surface area contributed by atoms with E-state index in [1.807, 2.05) is 0 Å². The molecule has 0 unspecified atom stereocenters. The molecular formula is C18H24N2O6. The summed E-state index contributed by atoms with van der Waals surface area (Å²) in [5, 5.41) is 2.79. The Kier molecular flexibility index (Phi) is 6.82. The lowest BCUT2D eigenvalue weighted by atomic mass is 10.2. The number of nitrogens with one attached hydrogen (secondary N) is 1. The van der Waals surface area contributed by atoms with E-state index in [4.69, 9.17) is 14.2 Å². The predicted molar refractivity (Wildman–Crippen MR) is 94.3 cm³/mol. The number of nitrogens with zero attached hydrogens (tertiary/aromatic N) is 1. The van der Waals surface area contributed by atoms with Crippen molar-refractivity contribution in [2.24, 2.45) is 0 Å². The number of hydrogen-bond donors (Lipinski definition) is 1. The summed E-state index contributed by atoms with van der Waals surface area (Å²) in [6.07, 6.45) is 0.277. The van der Waals surface area contributed by atoms with Gasteiger partial charge in [0.2, 0.25) is 11.8 Å². The Bertz CT molecular complexity index is 676. The monoisotopic (exact) mass is 364 g/mol. The van der Waals surface area contributed by atoms with E-state index in [-0.39, 0.29) is 43.7 Å². The van der Waals surface area contributed by atoms with E-state index in [1.54, 1.807) is 37.1 Å². The van der Waals surface area contributed by atoms with Crippen LogP contribution in [0.4, 0.5) is 5.69 Å². The molecule has 0 aliphatic carbocycles. The highest BCUT2D eigenvalue weighted by molar-refractivity contribution is 5.97. The number of hydrogen-bond acceptors (Lipinski definition) is 6. The Morgan fingerprint density at radius 1 is 1.19 bits per heavy atom. The summed E-state index contributed by atoms with van der Waals surface area (Å²) in [7, 11) is 3.07. The van der Waals surface area contributed by atoms with Gasteiger partial charge in [-0.05, 0) is 19.1 Å². The molecule has 1 aliphatic rings. The van der Waals surface area contributed by atoms with E-state index < -0.39 is 5.97 Å². The first-order valence-electron chi connectivity index (χ1n) is 8.45. The van der Waals surface area contributed by atoms with Gasteiger partial charge < -0.3 is 24.4 Å². The molecule has 0 saturated carbocycles. The molecule has 1 fully saturated rings. The SMILES string of the molecule is CCOC(=O)CCC(=O)N[C@H]1CC(=O)N(c2ccc(OC)c(OC)c2)C1. The summed E-state index contributed by atoms with van der Waals surface area (Å²) in [5.74, 6) is 0.335. The topological polar surface area (TPSA) is 94.2 Å². The lowest BCUT2D eigenvalue weighted by Gasteiger charge is -2.19. The van der Waals surface area contributed by atoms with Crippen LogP contribution < -0.4 is 19.7 Å². The number of benzene rings is 1. The third-order valence-corrected chi connectivity index (χ3v) is 4.03. The van der Waals surface area contributed by atoms with Crippen molar-refractivity contribution in [2.45, 2.75) is 32.2 Å². The Labute approximate surface area is 152 Å². The summed E-state index contributed by atoms with van der Waals surface area (Å²) in [6, 6.07) is 4.92. The molecule has 1 aromatic rings. The predicted octanol–water partition coefficient (Wildman–Crippen LogP) is 1.27. The molecule has 8 heteroatoms. The van der Waals surface area contributed by atoms with E-state index >= 15 is 0 Å². The Balaban J connectivity index is 1.94. The van der Waals surface area contributed by atoms with E-state index in [1.165, 1.54) is 7.11 Å². The number of esters is 1. The average molecular weight is 364 g/mol. The highest BCUT2D eigenvalue weighted by Crippen LogP contribution is 2.33. The Morgan fingerprint density at radius 3 is 2.58 bits per heavy atom. The molecule has 2 amide bonds. The van der Waals surface area contributed by atoms with Crippen molar-refractivity contribution < 1.29 is 28.6 Å². The van der Waals surface area contributed by atoms with E-state index in [9.17, 15) is 14.4 Å². The number of anilines is 1. The van der Waals surface area contributed by atoms with Crippen LogP contribution in [-0.4, -0.2) is 51.2 Å². The maximum absolute atomic E-state index is 12.3. The van der Waals surface area contributed by atoms with Gasteiger partial charge in [-0.3, -0.25) is 14.4 Å². The normalized spacial score (nSPS) is 16.3. The van der Waals surface area contributed by atoms with Crippen molar-refractivity contribution in [1.82, 2.24) is 5.32 Å². The Morgan fingerprint density at radius 2 is 1.92 bits per heavy atom. The fourth-order valence-corrected chi connectivity index (χ4v) is 2.80. The number of carbonyl (C=O) groups is 3. The minimum atomic E-state index is -0.405. The minimum absolute atomic E-state index is 0.0275. The van der Waals surface area contributed by atoms with Crippen LogP contribution in [0.2, 0.25) is 0 Å². The molecule has 0 bridgehead atoms. The molecule has 142 valence electrons. The fraction of sp³-hybridized carbons (Fsp3) is 0.500. The first-order chi connectivity index (χ1) is 12.5. The van der Waals surface area contributed by atoms with Crippen LogP contribution in [0.5, 0.6) is 11.5 Å². The van der Waals surface area contributed by atoms with Gasteiger partial charge in [0, 0.05) is 31.1 Å². The Hall–Kier alpha value is -2.77. The fourth-order valence-electron chi connectivity index (χ4n) is 2.80. The largest absolute Gasteiger partial charge is 0.493 e. The van der Waals surface area contributed by atoms with Gasteiger partial charge in [0.25, 0.3) is 0 Å². The van der Waals surface area contributed by atoms with E-state index in [0.717, 1.165) is 0 Å². The van der Waals surface area contributed by atoms with Gasteiger partial charge in [-0.25, -0.2) is 0 Å². The number of rotatable bonds is 8. The van der Waals surface area contributed by atoms with Crippen molar-refractivity contribution in [3.05, 3.63) is 18.2 Å². The van der Waals surface area contributed by atoms with Crippen LogP contribution >= 0.6 is 0 Å². The van der Waals surface area contributed by atoms with Crippen molar-refractivity contribution in [1.29, 1.82) is 0 Å². The van der Waals surface area contributed by atoms with Crippen molar-refractivity contribution in [3.8, 4) is 11.5 Å². The van der Waals surface area contributed by atoms with Crippen molar-refractivity contribution in [3.63, 3.8) is 0 Å². The van der Waals surface area contributed by atoms with Gasteiger partial charge in [0.05, 0.1) is 33.3 Å². The van der Waals surface area contributed by atoms with Crippen LogP contribution in [0.3, 0.4) is 0 Å². The number of methoxy groups -OCH3 is 2. The minimum Gasteiger partial charge on any atom is -0.493 e. The zero-order valence-corrected chi connectivity index (χ0v) is 15.2. The standard InChI is InChI=1S/C18H24N2O6/c1-4-26-18(23)8-7-16(21)19-12-9-17(22)20(11-12)13-5-6-14(24-2)15(10-13)25-3/h5-6,10,12H,4,7-9,11H2,1-3H3,(H,19,21)/t12-/m0/s1. The lowest BCUT2D eigenvalue weighted by molar-refractivity contribution is -0.144. The van der Waals surface area contributed by atoms with Crippen molar-refractivity contribution >= 4 is 23.5 Å². The van der Waals surface area contributed by atoms with Crippen LogP contribution in [0, 0.1) is 0 Å². The van der Waals surface area contributed by atoms with Crippen LogP contribution in [0.25, 0.3) is 0 Å². The molecule has 0 aromatic heterocycles. The van der Waals surface area contributed by atoms with Gasteiger partial charge in [-0.2, -0.15) is 0 Å². The van der Waals surface area contributed by atoms with Gasteiger partial charge in [0.1, 0.15) is 0 Å².